The summed E-state index contributed by atoms with van der Waals surface area (Å²) in [4.78, 5) is 38.0. The van der Waals surface area contributed by atoms with Crippen molar-refractivity contribution in [1.82, 2.24) is 0 Å². The van der Waals surface area contributed by atoms with Gasteiger partial charge in [0, 0.05) is 17.9 Å². The normalized spacial score (nSPS) is 14.0. The largest absolute Gasteiger partial charge is 0.495 e. The zero-order valence-electron chi connectivity index (χ0n) is 15.7. The molecule has 1 N–H and O–H groups in total. The van der Waals surface area contributed by atoms with E-state index in [1.54, 1.807) is 18.2 Å². The van der Waals surface area contributed by atoms with Crippen LogP contribution in [0.15, 0.2) is 47.4 Å². The van der Waals surface area contributed by atoms with Gasteiger partial charge in [-0.25, -0.2) is 4.90 Å². The van der Waals surface area contributed by atoms with Crippen LogP contribution in [0.3, 0.4) is 0 Å². The minimum absolute atomic E-state index is 0.118. The summed E-state index contributed by atoms with van der Waals surface area (Å²) in [5, 5.41) is 20.1. The zero-order valence-corrected chi connectivity index (χ0v) is 16.6. The molecule has 8 nitrogen and oxygen atoms in total. The van der Waals surface area contributed by atoms with E-state index in [0.29, 0.717) is 17.0 Å². The molecule has 29 heavy (non-hydrogen) atoms. The maximum atomic E-state index is 13.3. The van der Waals surface area contributed by atoms with E-state index in [4.69, 9.17) is 4.74 Å². The molecule has 0 spiro atoms. The molecular formula is C20H18N2O6S. The molecule has 0 saturated heterocycles. The van der Waals surface area contributed by atoms with Gasteiger partial charge in [-0.3, -0.25) is 19.7 Å². The number of methoxy groups -OCH3 is 1. The molecule has 0 fully saturated rings. The number of carbonyl (C=O) groups is 2. The Bertz CT molecular complexity index is 1020. The van der Waals surface area contributed by atoms with Gasteiger partial charge in [-0.15, -0.1) is 11.8 Å². The standard InChI is InChI=1S/C20H18N2O6S/c1-12-3-8-16(28-2)15(11-12)21-19(24)17(18(20(21)25)29-10-9-23)13-4-6-14(7-5-13)22(26)27/h3-8,11,23H,9-10H2,1-2H3. The van der Waals surface area contributed by atoms with Gasteiger partial charge in [0.25, 0.3) is 17.5 Å². The molecule has 2 aromatic carbocycles. The van der Waals surface area contributed by atoms with Crippen LogP contribution < -0.4 is 9.64 Å². The number of non-ortho nitro benzene ring substituents is 1. The number of nitro benzene ring substituents is 1. The molecule has 2 amide bonds. The van der Waals surface area contributed by atoms with Crippen LogP contribution in [0.1, 0.15) is 11.1 Å². The number of aliphatic hydroxyl groups excluding tert-OH is 1. The number of anilines is 1. The molecule has 0 bridgehead atoms. The highest BCUT2D eigenvalue weighted by Gasteiger charge is 2.41. The number of benzene rings is 2. The summed E-state index contributed by atoms with van der Waals surface area (Å²) in [5.41, 5.74) is 1.58. The number of nitrogens with zero attached hydrogens (tertiary/aromatic N) is 2. The smallest absolute Gasteiger partial charge is 0.272 e. The lowest BCUT2D eigenvalue weighted by molar-refractivity contribution is -0.384. The third-order valence-corrected chi connectivity index (χ3v) is 5.38. The molecule has 0 atom stereocenters. The number of aliphatic hydroxyl groups is 1. The van der Waals surface area contributed by atoms with Gasteiger partial charge in [-0.05, 0) is 42.3 Å². The van der Waals surface area contributed by atoms with E-state index in [0.717, 1.165) is 22.2 Å². The van der Waals surface area contributed by atoms with Crippen molar-refractivity contribution < 1.29 is 24.4 Å². The molecule has 150 valence electrons. The number of thioether (sulfide) groups is 1. The summed E-state index contributed by atoms with van der Waals surface area (Å²) in [5.74, 6) is -0.475. The Labute approximate surface area is 170 Å². The van der Waals surface area contributed by atoms with Crippen molar-refractivity contribution in [2.24, 2.45) is 0 Å². The third-order valence-electron chi connectivity index (χ3n) is 4.32. The fraction of sp³-hybridized carbons (Fsp3) is 0.200. The van der Waals surface area contributed by atoms with Crippen LogP contribution in [0.4, 0.5) is 11.4 Å². The van der Waals surface area contributed by atoms with Crippen molar-refractivity contribution in [2.75, 3.05) is 24.4 Å². The Morgan fingerprint density at radius 1 is 1.14 bits per heavy atom. The number of hydrogen-bond acceptors (Lipinski definition) is 7. The highest BCUT2D eigenvalue weighted by atomic mass is 32.2. The van der Waals surface area contributed by atoms with Crippen LogP contribution in [0.2, 0.25) is 0 Å². The van der Waals surface area contributed by atoms with Crippen LogP contribution in [-0.2, 0) is 9.59 Å². The van der Waals surface area contributed by atoms with Crippen molar-refractivity contribution in [1.29, 1.82) is 0 Å². The number of imide groups is 1. The number of amides is 2. The highest BCUT2D eigenvalue weighted by molar-refractivity contribution is 8.04. The van der Waals surface area contributed by atoms with Crippen LogP contribution in [0.25, 0.3) is 5.57 Å². The van der Waals surface area contributed by atoms with E-state index in [2.05, 4.69) is 0 Å². The molecule has 1 heterocycles. The lowest BCUT2D eigenvalue weighted by Crippen LogP contribution is -2.31. The SMILES string of the molecule is COc1ccc(C)cc1N1C(=O)C(SCCO)=C(c2ccc([N+](=O)[O-])cc2)C1=O. The minimum atomic E-state index is -0.548. The number of aryl methyl sites for hydroxylation is 1. The monoisotopic (exact) mass is 414 g/mol. The van der Waals surface area contributed by atoms with Gasteiger partial charge < -0.3 is 9.84 Å². The molecule has 3 rings (SSSR count). The van der Waals surface area contributed by atoms with Gasteiger partial charge in [-0.2, -0.15) is 0 Å². The maximum Gasteiger partial charge on any atom is 0.272 e. The Morgan fingerprint density at radius 2 is 1.83 bits per heavy atom. The number of carbonyl (C=O) groups excluding carboxylic acids is 2. The first-order valence-electron chi connectivity index (χ1n) is 8.65. The van der Waals surface area contributed by atoms with Crippen LogP contribution in [-0.4, -0.2) is 41.3 Å². The molecule has 0 aliphatic carbocycles. The fourth-order valence-electron chi connectivity index (χ4n) is 2.99. The molecule has 9 heteroatoms. The van der Waals surface area contributed by atoms with Gasteiger partial charge in [0.05, 0.1) is 34.8 Å². The molecule has 0 radical (unpaired) electrons. The lowest BCUT2D eigenvalue weighted by atomic mass is 10.1. The lowest BCUT2D eigenvalue weighted by Gasteiger charge is -2.19. The van der Waals surface area contributed by atoms with Crippen molar-refractivity contribution in [3.63, 3.8) is 0 Å². The number of nitro groups is 1. The van der Waals surface area contributed by atoms with E-state index in [-0.39, 0.29) is 28.5 Å². The first kappa shape index (κ1) is 20.6. The highest BCUT2D eigenvalue weighted by Crippen LogP contribution is 2.41. The van der Waals surface area contributed by atoms with E-state index in [1.165, 1.54) is 31.4 Å². The van der Waals surface area contributed by atoms with E-state index in [9.17, 15) is 24.8 Å². The van der Waals surface area contributed by atoms with Crippen molar-refractivity contribution >= 4 is 40.5 Å². The van der Waals surface area contributed by atoms with Crippen molar-refractivity contribution in [2.45, 2.75) is 6.92 Å². The molecule has 1 aliphatic rings. The molecular weight excluding hydrogens is 396 g/mol. The Hall–Kier alpha value is -3.17. The summed E-state index contributed by atoms with van der Waals surface area (Å²) in [6.07, 6.45) is 0. The fourth-order valence-corrected chi connectivity index (χ4v) is 3.85. The first-order valence-corrected chi connectivity index (χ1v) is 9.63. The predicted molar refractivity (Wildman–Crippen MR) is 110 cm³/mol. The van der Waals surface area contributed by atoms with E-state index in [1.807, 2.05) is 6.92 Å². The van der Waals surface area contributed by atoms with Gasteiger partial charge >= 0.3 is 0 Å². The minimum Gasteiger partial charge on any atom is -0.495 e. The molecule has 2 aromatic rings. The van der Waals surface area contributed by atoms with Gasteiger partial charge in [0.1, 0.15) is 5.75 Å². The van der Waals surface area contributed by atoms with Crippen molar-refractivity contribution in [3.05, 3.63) is 68.6 Å². The van der Waals surface area contributed by atoms with Crippen LogP contribution in [0.5, 0.6) is 5.75 Å². The summed E-state index contributed by atoms with van der Waals surface area (Å²) in [6.45, 7) is 1.66. The quantitative estimate of drug-likeness (QED) is 0.421. The van der Waals surface area contributed by atoms with Crippen molar-refractivity contribution in [3.8, 4) is 5.75 Å². The average Bonchev–Trinajstić information content (AvgIpc) is 2.95. The van der Waals surface area contributed by atoms with Gasteiger partial charge in [0.2, 0.25) is 0 Å². The first-order chi connectivity index (χ1) is 13.9. The van der Waals surface area contributed by atoms with E-state index < -0.39 is 16.7 Å². The second-order valence-electron chi connectivity index (χ2n) is 6.20. The molecule has 0 saturated carbocycles. The van der Waals surface area contributed by atoms with Crippen LogP contribution in [0, 0.1) is 17.0 Å². The maximum absolute atomic E-state index is 13.3. The summed E-state index contributed by atoms with van der Waals surface area (Å²) in [7, 11) is 1.45. The topological polar surface area (TPSA) is 110 Å². The molecule has 0 aromatic heterocycles. The van der Waals surface area contributed by atoms with Crippen LogP contribution >= 0.6 is 11.8 Å². The number of hydrogen-bond donors (Lipinski definition) is 1. The number of rotatable bonds is 7. The summed E-state index contributed by atoms with van der Waals surface area (Å²) < 4.78 is 5.32. The number of ether oxygens (including phenoxy) is 1. The third kappa shape index (κ3) is 3.87. The Kier molecular flexibility index (Phi) is 6.00. The van der Waals surface area contributed by atoms with Gasteiger partial charge in [0.15, 0.2) is 0 Å². The van der Waals surface area contributed by atoms with Gasteiger partial charge in [-0.1, -0.05) is 6.07 Å². The second kappa shape index (κ2) is 8.46. The summed E-state index contributed by atoms with van der Waals surface area (Å²) >= 11 is 1.07. The molecule has 1 aliphatic heterocycles. The Morgan fingerprint density at radius 3 is 2.41 bits per heavy atom. The van der Waals surface area contributed by atoms with E-state index >= 15 is 0 Å². The zero-order chi connectivity index (χ0) is 21.1. The average molecular weight is 414 g/mol. The second-order valence-corrected chi connectivity index (χ2v) is 7.31. The Balaban J connectivity index is 2.11. The summed E-state index contributed by atoms with van der Waals surface area (Å²) in [6, 6.07) is 10.6. The molecule has 0 unspecified atom stereocenters. The predicted octanol–water partition coefficient (Wildman–Crippen LogP) is 2.92.